The van der Waals surface area contributed by atoms with Gasteiger partial charge in [-0.1, -0.05) is 0 Å². The second kappa shape index (κ2) is 9.10. The standard InChI is InChI=1S/C10H16N2O4S/c1-7(11-5-13)9(15)3-17-4-10(16)8(2)12-6-14/h7-10,15-16H,3-4H2,1-2H3. The maximum atomic E-state index is 9.96. The zero-order valence-electron chi connectivity index (χ0n) is 9.74. The van der Waals surface area contributed by atoms with Gasteiger partial charge in [0, 0.05) is 11.5 Å². The predicted molar refractivity (Wildman–Crippen MR) is 64.5 cm³/mol. The van der Waals surface area contributed by atoms with Crippen LogP contribution in [0.15, 0.2) is 9.98 Å². The first-order chi connectivity index (χ1) is 8.02. The average molecular weight is 260 g/mol. The van der Waals surface area contributed by atoms with E-state index in [9.17, 15) is 19.8 Å². The van der Waals surface area contributed by atoms with Crippen LogP contribution in [0, 0.1) is 0 Å². The number of carbonyl (C=O) groups excluding carboxylic acids is 2. The van der Waals surface area contributed by atoms with Crippen molar-refractivity contribution in [1.29, 1.82) is 0 Å². The molecule has 0 fully saturated rings. The smallest absolute Gasteiger partial charge is 0.235 e. The summed E-state index contributed by atoms with van der Waals surface area (Å²) in [6, 6.07) is -1.02. The fourth-order valence-electron chi connectivity index (χ4n) is 0.926. The summed E-state index contributed by atoms with van der Waals surface area (Å²) in [6.07, 6.45) is 1.23. The summed E-state index contributed by atoms with van der Waals surface area (Å²) in [7, 11) is 0. The summed E-state index contributed by atoms with van der Waals surface area (Å²) in [5.74, 6) is 0.669. The molecule has 0 aromatic rings. The van der Waals surface area contributed by atoms with Gasteiger partial charge in [0.2, 0.25) is 12.2 Å². The lowest BCUT2D eigenvalue weighted by molar-refractivity contribution is 0.170. The van der Waals surface area contributed by atoms with Crippen LogP contribution in [-0.2, 0) is 9.59 Å². The number of rotatable bonds is 8. The Balaban J connectivity index is 3.90. The van der Waals surface area contributed by atoms with Crippen LogP contribution >= 0.6 is 11.8 Å². The third kappa shape index (κ3) is 7.05. The van der Waals surface area contributed by atoms with Crippen molar-refractivity contribution < 1.29 is 19.8 Å². The van der Waals surface area contributed by atoms with E-state index in [1.54, 1.807) is 13.8 Å². The quantitative estimate of drug-likeness (QED) is 0.468. The molecule has 0 aliphatic carbocycles. The highest BCUT2D eigenvalue weighted by molar-refractivity contribution is 7.99. The highest BCUT2D eigenvalue weighted by Gasteiger charge is 2.16. The lowest BCUT2D eigenvalue weighted by atomic mass is 10.2. The van der Waals surface area contributed by atoms with Crippen molar-refractivity contribution in [3.05, 3.63) is 0 Å². The molecule has 4 unspecified atom stereocenters. The maximum absolute atomic E-state index is 9.96. The Hall–Kier alpha value is -0.970. The van der Waals surface area contributed by atoms with E-state index in [0.29, 0.717) is 11.5 Å². The van der Waals surface area contributed by atoms with Crippen molar-refractivity contribution in [3.63, 3.8) is 0 Å². The van der Waals surface area contributed by atoms with Gasteiger partial charge in [-0.3, -0.25) is 0 Å². The van der Waals surface area contributed by atoms with Crippen molar-refractivity contribution >= 4 is 23.9 Å². The molecule has 0 radical (unpaired) electrons. The highest BCUT2D eigenvalue weighted by Crippen LogP contribution is 2.11. The molecule has 6 nitrogen and oxygen atoms in total. The van der Waals surface area contributed by atoms with E-state index in [0.717, 1.165) is 0 Å². The number of aliphatic hydroxyl groups is 2. The van der Waals surface area contributed by atoms with Crippen LogP contribution in [-0.4, -0.2) is 58.2 Å². The number of aliphatic hydroxyl groups excluding tert-OH is 2. The van der Waals surface area contributed by atoms with Crippen LogP contribution in [0.4, 0.5) is 0 Å². The van der Waals surface area contributed by atoms with Gasteiger partial charge in [-0.2, -0.15) is 11.8 Å². The van der Waals surface area contributed by atoms with Crippen molar-refractivity contribution in [2.24, 2.45) is 9.98 Å². The van der Waals surface area contributed by atoms with E-state index in [1.807, 2.05) is 0 Å². The Morgan fingerprint density at radius 3 is 1.65 bits per heavy atom. The van der Waals surface area contributed by atoms with Crippen molar-refractivity contribution in [1.82, 2.24) is 0 Å². The molecule has 0 aromatic carbocycles. The first-order valence-electron chi connectivity index (χ1n) is 5.10. The molecule has 0 aliphatic rings. The molecule has 0 saturated carbocycles. The van der Waals surface area contributed by atoms with E-state index < -0.39 is 24.3 Å². The first kappa shape index (κ1) is 16.0. The SMILES string of the molecule is CC(N=C=O)C(O)CSCC(O)C(C)N=C=O. The Morgan fingerprint density at radius 1 is 1.00 bits per heavy atom. The summed E-state index contributed by atoms with van der Waals surface area (Å²) in [4.78, 5) is 26.7. The van der Waals surface area contributed by atoms with Crippen molar-refractivity contribution in [2.75, 3.05) is 11.5 Å². The van der Waals surface area contributed by atoms with Gasteiger partial charge in [-0.15, -0.1) is 0 Å². The van der Waals surface area contributed by atoms with Crippen LogP contribution in [0.1, 0.15) is 13.8 Å². The zero-order valence-corrected chi connectivity index (χ0v) is 10.6. The molecule has 17 heavy (non-hydrogen) atoms. The van der Waals surface area contributed by atoms with E-state index in [1.165, 1.54) is 23.9 Å². The second-order valence-electron chi connectivity index (χ2n) is 3.59. The molecular formula is C10H16N2O4S. The van der Waals surface area contributed by atoms with Gasteiger partial charge in [0.1, 0.15) is 0 Å². The van der Waals surface area contributed by atoms with Crippen LogP contribution < -0.4 is 0 Å². The topological polar surface area (TPSA) is 99.3 Å². The fraction of sp³-hybridized carbons (Fsp3) is 0.800. The molecule has 0 bridgehead atoms. The van der Waals surface area contributed by atoms with Gasteiger partial charge in [0.15, 0.2) is 0 Å². The summed E-state index contributed by atoms with van der Waals surface area (Å²) in [5, 5.41) is 19.1. The minimum absolute atomic E-state index is 0.334. The summed E-state index contributed by atoms with van der Waals surface area (Å²) in [5.41, 5.74) is 0. The number of nitrogens with zero attached hydrogens (tertiary/aromatic N) is 2. The van der Waals surface area contributed by atoms with Gasteiger partial charge >= 0.3 is 0 Å². The molecule has 7 heteroatoms. The van der Waals surface area contributed by atoms with E-state index >= 15 is 0 Å². The molecule has 0 spiro atoms. The predicted octanol–water partition coefficient (Wildman–Crippen LogP) is -0.110. The van der Waals surface area contributed by atoms with E-state index in [2.05, 4.69) is 9.98 Å². The maximum Gasteiger partial charge on any atom is 0.235 e. The largest absolute Gasteiger partial charge is 0.390 e. The van der Waals surface area contributed by atoms with E-state index in [4.69, 9.17) is 0 Å². The molecular weight excluding hydrogens is 244 g/mol. The Labute approximate surface area is 104 Å². The van der Waals surface area contributed by atoms with Crippen molar-refractivity contribution in [3.8, 4) is 0 Å². The van der Waals surface area contributed by atoms with Gasteiger partial charge in [0.25, 0.3) is 0 Å². The minimum Gasteiger partial charge on any atom is -0.390 e. The lowest BCUT2D eigenvalue weighted by Crippen LogP contribution is -2.27. The second-order valence-corrected chi connectivity index (χ2v) is 4.67. The number of isocyanates is 2. The fourth-order valence-corrected chi connectivity index (χ4v) is 2.10. The molecule has 2 N–H and O–H groups in total. The molecule has 4 atom stereocenters. The Kier molecular flexibility index (Phi) is 8.58. The number of aliphatic imine (C=N–C) groups is 2. The number of hydrogen-bond acceptors (Lipinski definition) is 7. The van der Waals surface area contributed by atoms with Gasteiger partial charge in [-0.25, -0.2) is 19.6 Å². The zero-order chi connectivity index (χ0) is 13.3. The Morgan fingerprint density at radius 2 is 1.35 bits per heavy atom. The number of hydrogen-bond donors (Lipinski definition) is 2. The summed E-state index contributed by atoms with van der Waals surface area (Å²) < 4.78 is 0. The molecule has 96 valence electrons. The van der Waals surface area contributed by atoms with Crippen LogP contribution in [0.5, 0.6) is 0 Å². The molecule has 0 aliphatic heterocycles. The summed E-state index contributed by atoms with van der Waals surface area (Å²) >= 11 is 1.30. The minimum atomic E-state index is -0.765. The van der Waals surface area contributed by atoms with Crippen LogP contribution in [0.25, 0.3) is 0 Å². The van der Waals surface area contributed by atoms with E-state index in [-0.39, 0.29) is 0 Å². The van der Waals surface area contributed by atoms with Crippen molar-refractivity contribution in [2.45, 2.75) is 38.1 Å². The first-order valence-corrected chi connectivity index (χ1v) is 6.26. The molecule has 0 amide bonds. The average Bonchev–Trinajstić information content (AvgIpc) is 2.29. The highest BCUT2D eigenvalue weighted by atomic mass is 32.2. The Bertz CT molecular complexity index is 283. The molecule has 0 heterocycles. The van der Waals surface area contributed by atoms with Crippen LogP contribution in [0.2, 0.25) is 0 Å². The monoisotopic (exact) mass is 260 g/mol. The third-order valence-electron chi connectivity index (χ3n) is 2.20. The molecule has 0 aromatic heterocycles. The third-order valence-corrected chi connectivity index (χ3v) is 3.36. The number of thioether (sulfide) groups is 1. The summed E-state index contributed by atoms with van der Waals surface area (Å²) in [6.45, 7) is 3.21. The molecule has 0 saturated heterocycles. The van der Waals surface area contributed by atoms with Gasteiger partial charge in [0.05, 0.1) is 24.3 Å². The van der Waals surface area contributed by atoms with Crippen LogP contribution in [0.3, 0.4) is 0 Å². The van der Waals surface area contributed by atoms with Gasteiger partial charge < -0.3 is 10.2 Å². The van der Waals surface area contributed by atoms with Gasteiger partial charge in [-0.05, 0) is 13.8 Å². The lowest BCUT2D eigenvalue weighted by Gasteiger charge is -2.16. The normalized spacial score (nSPS) is 17.2. The molecule has 0 rings (SSSR count).